The zero-order valence-corrected chi connectivity index (χ0v) is 10.1. The molecule has 3 N–H and O–H groups in total. The summed E-state index contributed by atoms with van der Waals surface area (Å²) in [6.45, 7) is 0. The summed E-state index contributed by atoms with van der Waals surface area (Å²) in [5.74, 6) is -0.327. The number of nitrogens with two attached hydrogens (primary N) is 1. The van der Waals surface area contributed by atoms with E-state index in [-0.39, 0.29) is 23.8 Å². The molecule has 2 atom stereocenters. The van der Waals surface area contributed by atoms with E-state index >= 15 is 0 Å². The summed E-state index contributed by atoms with van der Waals surface area (Å²) in [7, 11) is 0. The standard InChI is InChI=1S/C11H12BrFN2O/c12-7-5-6(1-2-8(7)13)11-9(14)3-4-10(16)15-11/h1-2,5,9,11H,3-4,14H2,(H,15,16). The molecule has 0 bridgehead atoms. The van der Waals surface area contributed by atoms with Gasteiger partial charge in [0.15, 0.2) is 0 Å². The van der Waals surface area contributed by atoms with Gasteiger partial charge in [-0.3, -0.25) is 4.79 Å². The Morgan fingerprint density at radius 3 is 2.94 bits per heavy atom. The fourth-order valence-electron chi connectivity index (χ4n) is 1.85. The molecule has 1 aliphatic rings. The maximum atomic E-state index is 13.1. The van der Waals surface area contributed by atoms with Crippen molar-refractivity contribution in [1.82, 2.24) is 5.32 Å². The maximum absolute atomic E-state index is 13.1. The lowest BCUT2D eigenvalue weighted by Crippen LogP contribution is -2.45. The Bertz CT molecular complexity index is 424. The molecule has 0 aliphatic carbocycles. The van der Waals surface area contributed by atoms with Gasteiger partial charge in [-0.15, -0.1) is 0 Å². The summed E-state index contributed by atoms with van der Waals surface area (Å²) in [6, 6.07) is 4.34. The van der Waals surface area contributed by atoms with Crippen LogP contribution in [0.2, 0.25) is 0 Å². The Morgan fingerprint density at radius 1 is 1.50 bits per heavy atom. The summed E-state index contributed by atoms with van der Waals surface area (Å²) >= 11 is 3.12. The molecule has 1 amide bonds. The normalized spacial score (nSPS) is 25.3. The molecule has 0 aromatic heterocycles. The largest absolute Gasteiger partial charge is 0.348 e. The van der Waals surface area contributed by atoms with Crippen molar-refractivity contribution in [2.45, 2.75) is 24.9 Å². The van der Waals surface area contributed by atoms with Crippen LogP contribution >= 0.6 is 15.9 Å². The second-order valence-electron chi connectivity index (χ2n) is 3.92. The van der Waals surface area contributed by atoms with Crippen molar-refractivity contribution in [1.29, 1.82) is 0 Å². The summed E-state index contributed by atoms with van der Waals surface area (Å²) in [5.41, 5.74) is 6.77. The van der Waals surface area contributed by atoms with Crippen molar-refractivity contribution < 1.29 is 9.18 Å². The average Bonchev–Trinajstić information content (AvgIpc) is 2.26. The number of benzene rings is 1. The minimum atomic E-state index is -0.320. The number of carbonyl (C=O) groups excluding carboxylic acids is 1. The van der Waals surface area contributed by atoms with Gasteiger partial charge in [0.25, 0.3) is 0 Å². The van der Waals surface area contributed by atoms with Crippen LogP contribution in [0.4, 0.5) is 4.39 Å². The van der Waals surface area contributed by atoms with E-state index in [1.807, 2.05) is 0 Å². The first-order chi connectivity index (χ1) is 7.58. The highest BCUT2D eigenvalue weighted by molar-refractivity contribution is 9.10. The van der Waals surface area contributed by atoms with Gasteiger partial charge in [-0.2, -0.15) is 0 Å². The first-order valence-electron chi connectivity index (χ1n) is 5.08. The lowest BCUT2D eigenvalue weighted by molar-refractivity contribution is -0.123. The number of carbonyl (C=O) groups is 1. The molecule has 86 valence electrons. The van der Waals surface area contributed by atoms with Crippen molar-refractivity contribution in [3.63, 3.8) is 0 Å². The number of rotatable bonds is 1. The molecule has 1 aromatic carbocycles. The third kappa shape index (κ3) is 2.25. The molecule has 1 aliphatic heterocycles. The van der Waals surface area contributed by atoms with Gasteiger partial charge in [-0.1, -0.05) is 6.07 Å². The predicted molar refractivity (Wildman–Crippen MR) is 62.2 cm³/mol. The van der Waals surface area contributed by atoms with Gasteiger partial charge in [0.2, 0.25) is 5.91 Å². The number of piperidine rings is 1. The molecule has 0 spiro atoms. The van der Waals surface area contributed by atoms with Crippen molar-refractivity contribution in [3.8, 4) is 0 Å². The number of amides is 1. The monoisotopic (exact) mass is 286 g/mol. The summed E-state index contributed by atoms with van der Waals surface area (Å²) in [4.78, 5) is 11.3. The molecule has 5 heteroatoms. The Morgan fingerprint density at radius 2 is 2.25 bits per heavy atom. The molecule has 1 fully saturated rings. The topological polar surface area (TPSA) is 55.1 Å². The smallest absolute Gasteiger partial charge is 0.220 e. The Balaban J connectivity index is 2.28. The number of hydrogen-bond acceptors (Lipinski definition) is 2. The van der Waals surface area contributed by atoms with Crippen molar-refractivity contribution in [2.24, 2.45) is 5.73 Å². The van der Waals surface area contributed by atoms with Crippen molar-refractivity contribution in [2.75, 3.05) is 0 Å². The van der Waals surface area contributed by atoms with E-state index in [1.54, 1.807) is 12.1 Å². The van der Waals surface area contributed by atoms with Crippen LogP contribution in [0.25, 0.3) is 0 Å². The van der Waals surface area contributed by atoms with E-state index in [9.17, 15) is 9.18 Å². The molecule has 3 nitrogen and oxygen atoms in total. The maximum Gasteiger partial charge on any atom is 0.220 e. The molecule has 2 unspecified atom stereocenters. The molecular weight excluding hydrogens is 275 g/mol. The van der Waals surface area contributed by atoms with Crippen LogP contribution in [0.1, 0.15) is 24.4 Å². The van der Waals surface area contributed by atoms with E-state index < -0.39 is 0 Å². The second kappa shape index (κ2) is 4.51. The average molecular weight is 287 g/mol. The van der Waals surface area contributed by atoms with Crippen LogP contribution in [0.3, 0.4) is 0 Å². The minimum absolute atomic E-state index is 0.00727. The lowest BCUT2D eigenvalue weighted by atomic mass is 9.93. The minimum Gasteiger partial charge on any atom is -0.348 e. The highest BCUT2D eigenvalue weighted by Gasteiger charge is 2.27. The molecule has 0 saturated carbocycles. The van der Waals surface area contributed by atoms with Crippen LogP contribution in [-0.2, 0) is 4.79 Å². The second-order valence-corrected chi connectivity index (χ2v) is 4.78. The Labute approximate surface area is 101 Å². The first-order valence-corrected chi connectivity index (χ1v) is 5.87. The Hall–Kier alpha value is -0.940. The lowest BCUT2D eigenvalue weighted by Gasteiger charge is -2.30. The summed E-state index contributed by atoms with van der Waals surface area (Å²) in [6.07, 6.45) is 1.12. The van der Waals surface area contributed by atoms with Crippen molar-refractivity contribution in [3.05, 3.63) is 34.1 Å². The third-order valence-corrected chi connectivity index (χ3v) is 3.36. The van der Waals surface area contributed by atoms with E-state index in [0.717, 1.165) is 5.56 Å². The van der Waals surface area contributed by atoms with Gasteiger partial charge in [0, 0.05) is 12.5 Å². The third-order valence-electron chi connectivity index (χ3n) is 2.75. The van der Waals surface area contributed by atoms with Gasteiger partial charge >= 0.3 is 0 Å². The highest BCUT2D eigenvalue weighted by Crippen LogP contribution is 2.26. The van der Waals surface area contributed by atoms with Gasteiger partial charge in [-0.25, -0.2) is 4.39 Å². The van der Waals surface area contributed by atoms with Crippen LogP contribution < -0.4 is 11.1 Å². The number of nitrogens with one attached hydrogen (secondary N) is 1. The highest BCUT2D eigenvalue weighted by atomic mass is 79.9. The van der Waals surface area contributed by atoms with Gasteiger partial charge in [0.05, 0.1) is 10.5 Å². The molecule has 2 rings (SSSR count). The molecule has 0 radical (unpaired) electrons. The summed E-state index contributed by atoms with van der Waals surface area (Å²) < 4.78 is 13.5. The van der Waals surface area contributed by atoms with Gasteiger partial charge in [0.1, 0.15) is 5.82 Å². The quantitative estimate of drug-likeness (QED) is 0.828. The summed E-state index contributed by atoms with van der Waals surface area (Å²) in [5, 5.41) is 2.82. The van der Waals surface area contributed by atoms with Crippen LogP contribution in [0, 0.1) is 5.82 Å². The molecule has 16 heavy (non-hydrogen) atoms. The first kappa shape index (κ1) is 11.5. The molecule has 1 saturated heterocycles. The van der Waals surface area contributed by atoms with E-state index in [1.165, 1.54) is 6.07 Å². The van der Waals surface area contributed by atoms with Crippen LogP contribution in [0.15, 0.2) is 22.7 Å². The predicted octanol–water partition coefficient (Wildman–Crippen LogP) is 1.87. The zero-order valence-electron chi connectivity index (χ0n) is 8.54. The molecule has 1 heterocycles. The molecule has 1 aromatic rings. The number of hydrogen-bond donors (Lipinski definition) is 2. The fraction of sp³-hybridized carbons (Fsp3) is 0.364. The van der Waals surface area contributed by atoms with E-state index in [2.05, 4.69) is 21.2 Å². The SMILES string of the molecule is NC1CCC(=O)NC1c1ccc(F)c(Br)c1. The Kier molecular flexibility index (Phi) is 3.25. The van der Waals surface area contributed by atoms with E-state index in [0.29, 0.717) is 17.3 Å². The van der Waals surface area contributed by atoms with Crippen LogP contribution in [-0.4, -0.2) is 11.9 Å². The zero-order chi connectivity index (χ0) is 11.7. The molecular formula is C11H12BrFN2O. The number of halogens is 2. The van der Waals surface area contributed by atoms with Gasteiger partial charge in [-0.05, 0) is 40.0 Å². The van der Waals surface area contributed by atoms with Crippen LogP contribution in [0.5, 0.6) is 0 Å². The van der Waals surface area contributed by atoms with Crippen molar-refractivity contribution >= 4 is 21.8 Å². The van der Waals surface area contributed by atoms with E-state index in [4.69, 9.17) is 5.73 Å². The van der Waals surface area contributed by atoms with Gasteiger partial charge < -0.3 is 11.1 Å². The fourth-order valence-corrected chi connectivity index (χ4v) is 2.25.